The third-order valence-corrected chi connectivity index (χ3v) is 3.20. The van der Waals surface area contributed by atoms with E-state index in [1.165, 1.54) is 24.7 Å². The van der Waals surface area contributed by atoms with Crippen LogP contribution in [0.15, 0.2) is 63.8 Å². The van der Waals surface area contributed by atoms with Gasteiger partial charge in [-0.1, -0.05) is 6.07 Å². The van der Waals surface area contributed by atoms with Crippen molar-refractivity contribution in [3.8, 4) is 0 Å². The van der Waals surface area contributed by atoms with E-state index >= 15 is 0 Å². The first kappa shape index (κ1) is 15.2. The molecule has 0 aliphatic rings. The summed E-state index contributed by atoms with van der Waals surface area (Å²) < 4.78 is 49.2. The lowest BCUT2D eigenvalue weighted by Gasteiger charge is -2.22. The molecule has 0 aliphatic heterocycles. The van der Waals surface area contributed by atoms with Gasteiger partial charge in [-0.05, 0) is 36.4 Å². The van der Waals surface area contributed by atoms with Crippen LogP contribution in [-0.2, 0) is 19.3 Å². The Balaban J connectivity index is 1.90. The van der Waals surface area contributed by atoms with Crippen molar-refractivity contribution in [2.45, 2.75) is 19.3 Å². The molecule has 3 rings (SSSR count). The first-order valence-electron chi connectivity index (χ1n) is 6.86. The summed E-state index contributed by atoms with van der Waals surface area (Å²) in [5.41, 5.74) is -0.932. The average molecular weight is 322 g/mol. The summed E-state index contributed by atoms with van der Waals surface area (Å²) in [6.07, 6.45) is -1.46. The predicted octanol–water partition coefficient (Wildman–Crippen LogP) is 4.49. The van der Waals surface area contributed by atoms with Crippen molar-refractivity contribution in [2.24, 2.45) is 0 Å². The van der Waals surface area contributed by atoms with Crippen molar-refractivity contribution >= 4 is 5.82 Å². The molecule has 0 saturated heterocycles. The first-order valence-corrected chi connectivity index (χ1v) is 6.86. The minimum Gasteiger partial charge on any atom is -0.467 e. The van der Waals surface area contributed by atoms with E-state index in [1.807, 2.05) is 0 Å². The molecule has 0 atom stereocenters. The molecule has 0 spiro atoms. The number of halogens is 3. The predicted molar refractivity (Wildman–Crippen MR) is 76.5 cm³/mol. The maximum absolute atomic E-state index is 12.9. The molecule has 7 heteroatoms. The Bertz CT molecular complexity index is 701. The number of anilines is 1. The molecule has 0 aliphatic carbocycles. The minimum absolute atomic E-state index is 0.202. The standard InChI is InChI=1S/C16H13F3N2O2/c17-16(18,19)14-6-1-7-15(20-14)21(10-12-4-2-8-22-12)11-13-5-3-9-23-13/h1-9H,10-11H2. The molecule has 0 radical (unpaired) electrons. The number of aromatic nitrogens is 1. The third kappa shape index (κ3) is 3.74. The second-order valence-electron chi connectivity index (χ2n) is 4.89. The fraction of sp³-hybridized carbons (Fsp3) is 0.188. The summed E-state index contributed by atoms with van der Waals surface area (Å²) in [6, 6.07) is 10.8. The van der Waals surface area contributed by atoms with Gasteiger partial charge in [-0.3, -0.25) is 0 Å². The number of pyridine rings is 1. The maximum Gasteiger partial charge on any atom is 0.433 e. The summed E-state index contributed by atoms with van der Waals surface area (Å²) in [7, 11) is 0. The minimum atomic E-state index is -4.49. The number of nitrogens with zero attached hydrogens (tertiary/aromatic N) is 2. The van der Waals surface area contributed by atoms with Crippen LogP contribution >= 0.6 is 0 Å². The van der Waals surface area contributed by atoms with Crippen LogP contribution < -0.4 is 4.90 Å². The summed E-state index contributed by atoms with van der Waals surface area (Å²) in [5, 5.41) is 0. The topological polar surface area (TPSA) is 42.4 Å². The van der Waals surface area contributed by atoms with Crippen LogP contribution in [0.1, 0.15) is 17.2 Å². The highest BCUT2D eigenvalue weighted by Crippen LogP contribution is 2.29. The highest BCUT2D eigenvalue weighted by molar-refractivity contribution is 5.40. The van der Waals surface area contributed by atoms with Crippen LogP contribution in [0.25, 0.3) is 0 Å². The zero-order valence-electron chi connectivity index (χ0n) is 12.0. The summed E-state index contributed by atoms with van der Waals surface area (Å²) >= 11 is 0. The Morgan fingerprint density at radius 2 is 1.48 bits per heavy atom. The number of hydrogen-bond acceptors (Lipinski definition) is 4. The lowest BCUT2D eigenvalue weighted by molar-refractivity contribution is -0.141. The smallest absolute Gasteiger partial charge is 0.433 e. The van der Waals surface area contributed by atoms with Gasteiger partial charge in [0.2, 0.25) is 0 Å². The van der Waals surface area contributed by atoms with Gasteiger partial charge in [0.1, 0.15) is 23.0 Å². The molecule has 23 heavy (non-hydrogen) atoms. The molecule has 3 aromatic heterocycles. The molecule has 0 bridgehead atoms. The summed E-state index contributed by atoms with van der Waals surface area (Å²) in [4.78, 5) is 5.38. The summed E-state index contributed by atoms with van der Waals surface area (Å²) in [6.45, 7) is 0.560. The fourth-order valence-electron chi connectivity index (χ4n) is 2.16. The zero-order valence-corrected chi connectivity index (χ0v) is 12.0. The monoisotopic (exact) mass is 322 g/mol. The van der Waals surface area contributed by atoms with E-state index in [-0.39, 0.29) is 18.9 Å². The molecule has 0 saturated carbocycles. The molecular weight excluding hydrogens is 309 g/mol. The second kappa shape index (κ2) is 6.20. The van der Waals surface area contributed by atoms with E-state index in [2.05, 4.69) is 4.98 Å². The van der Waals surface area contributed by atoms with Crippen LogP contribution in [0.4, 0.5) is 19.0 Å². The molecule has 3 heterocycles. The Morgan fingerprint density at radius 3 is 1.96 bits per heavy atom. The molecule has 0 amide bonds. The number of furan rings is 2. The molecular formula is C16H13F3N2O2. The average Bonchev–Trinajstić information content (AvgIpc) is 3.19. The largest absolute Gasteiger partial charge is 0.467 e. The lowest BCUT2D eigenvalue weighted by atomic mass is 10.3. The molecule has 0 unspecified atom stereocenters. The van der Waals surface area contributed by atoms with Gasteiger partial charge >= 0.3 is 6.18 Å². The van der Waals surface area contributed by atoms with Gasteiger partial charge in [-0.25, -0.2) is 4.98 Å². The number of hydrogen-bond donors (Lipinski definition) is 0. The van der Waals surface area contributed by atoms with E-state index in [9.17, 15) is 13.2 Å². The van der Waals surface area contributed by atoms with E-state index < -0.39 is 11.9 Å². The van der Waals surface area contributed by atoms with Crippen molar-refractivity contribution in [1.29, 1.82) is 0 Å². The van der Waals surface area contributed by atoms with Gasteiger partial charge in [0.05, 0.1) is 25.6 Å². The van der Waals surface area contributed by atoms with E-state index in [0.29, 0.717) is 11.5 Å². The van der Waals surface area contributed by atoms with E-state index in [1.54, 1.807) is 29.2 Å². The van der Waals surface area contributed by atoms with Crippen LogP contribution in [0.3, 0.4) is 0 Å². The normalized spacial score (nSPS) is 11.6. The molecule has 0 fully saturated rings. The van der Waals surface area contributed by atoms with Gasteiger partial charge in [-0.2, -0.15) is 13.2 Å². The van der Waals surface area contributed by atoms with Crippen molar-refractivity contribution in [3.63, 3.8) is 0 Å². The molecule has 3 aromatic rings. The van der Waals surface area contributed by atoms with Crippen LogP contribution in [0, 0.1) is 0 Å². The van der Waals surface area contributed by atoms with Gasteiger partial charge in [0, 0.05) is 0 Å². The van der Waals surface area contributed by atoms with Gasteiger partial charge < -0.3 is 13.7 Å². The van der Waals surface area contributed by atoms with Crippen molar-refractivity contribution < 1.29 is 22.0 Å². The highest BCUT2D eigenvalue weighted by atomic mass is 19.4. The van der Waals surface area contributed by atoms with Crippen molar-refractivity contribution in [1.82, 2.24) is 4.98 Å². The van der Waals surface area contributed by atoms with E-state index in [4.69, 9.17) is 8.83 Å². The van der Waals surface area contributed by atoms with Crippen molar-refractivity contribution in [3.05, 3.63) is 72.2 Å². The lowest BCUT2D eigenvalue weighted by Crippen LogP contribution is -2.23. The highest BCUT2D eigenvalue weighted by Gasteiger charge is 2.33. The SMILES string of the molecule is FC(F)(F)c1cccc(N(Cc2ccco2)Cc2ccco2)n1. The molecule has 120 valence electrons. The number of rotatable bonds is 5. The van der Waals surface area contributed by atoms with Crippen LogP contribution in [0.2, 0.25) is 0 Å². The van der Waals surface area contributed by atoms with Crippen LogP contribution in [0.5, 0.6) is 0 Å². The van der Waals surface area contributed by atoms with Crippen molar-refractivity contribution in [2.75, 3.05) is 4.90 Å². The van der Waals surface area contributed by atoms with Gasteiger partial charge in [0.25, 0.3) is 0 Å². The maximum atomic E-state index is 12.9. The Labute approximate surface area is 130 Å². The molecule has 4 nitrogen and oxygen atoms in total. The Hall–Kier alpha value is -2.70. The second-order valence-corrected chi connectivity index (χ2v) is 4.89. The zero-order chi connectivity index (χ0) is 16.3. The number of alkyl halides is 3. The first-order chi connectivity index (χ1) is 11.0. The fourth-order valence-corrected chi connectivity index (χ4v) is 2.16. The van der Waals surface area contributed by atoms with Gasteiger partial charge in [0.15, 0.2) is 0 Å². The Morgan fingerprint density at radius 1 is 0.870 bits per heavy atom. The van der Waals surface area contributed by atoms with Crippen LogP contribution in [-0.4, -0.2) is 4.98 Å². The summed E-state index contributed by atoms with van der Waals surface area (Å²) in [5.74, 6) is 1.44. The third-order valence-electron chi connectivity index (χ3n) is 3.20. The molecule has 0 aromatic carbocycles. The quantitative estimate of drug-likeness (QED) is 0.694. The van der Waals surface area contributed by atoms with E-state index in [0.717, 1.165) is 6.07 Å². The van der Waals surface area contributed by atoms with Gasteiger partial charge in [-0.15, -0.1) is 0 Å². The molecule has 0 N–H and O–H groups in total. The Kier molecular flexibility index (Phi) is 4.10.